The average Bonchev–Trinajstić information content (AvgIpc) is 1.97. The van der Waals surface area contributed by atoms with E-state index in [1.807, 2.05) is 6.92 Å². The molecule has 4 nitrogen and oxygen atoms in total. The predicted molar refractivity (Wildman–Crippen MR) is 53.2 cm³/mol. The lowest BCUT2D eigenvalue weighted by Crippen LogP contribution is -2.44. The molecule has 0 radical (unpaired) electrons. The lowest BCUT2D eigenvalue weighted by atomic mass is 10.3. The van der Waals surface area contributed by atoms with E-state index in [0.29, 0.717) is 6.42 Å². The maximum absolute atomic E-state index is 11.3. The van der Waals surface area contributed by atoms with E-state index in [4.69, 9.17) is 6.42 Å². The molecule has 0 heterocycles. The highest BCUT2D eigenvalue weighted by atomic mass is 32.2. The molecule has 0 saturated carbocycles. The van der Waals surface area contributed by atoms with Crippen LogP contribution in [0, 0.1) is 12.3 Å². The molecule has 0 bridgehead atoms. The maximum atomic E-state index is 11.3. The van der Waals surface area contributed by atoms with Crippen LogP contribution in [-0.2, 0) is 10.2 Å². The van der Waals surface area contributed by atoms with Gasteiger partial charge in [0.05, 0.1) is 6.04 Å². The van der Waals surface area contributed by atoms with Crippen LogP contribution in [0.25, 0.3) is 0 Å². The summed E-state index contributed by atoms with van der Waals surface area (Å²) in [6.45, 7) is 5.31. The number of hydrogen-bond acceptors (Lipinski definition) is 2. The Morgan fingerprint density at radius 2 is 1.92 bits per heavy atom. The van der Waals surface area contributed by atoms with Crippen LogP contribution >= 0.6 is 0 Å². The first-order valence-corrected chi connectivity index (χ1v) is 5.65. The summed E-state index contributed by atoms with van der Waals surface area (Å²) in [4.78, 5) is 0. The van der Waals surface area contributed by atoms with Gasteiger partial charge in [-0.3, -0.25) is 0 Å². The molecule has 13 heavy (non-hydrogen) atoms. The van der Waals surface area contributed by atoms with Gasteiger partial charge in [-0.25, -0.2) is 0 Å². The normalized spacial score (nSPS) is 14.1. The summed E-state index contributed by atoms with van der Waals surface area (Å²) >= 11 is 0. The van der Waals surface area contributed by atoms with Gasteiger partial charge < -0.3 is 0 Å². The van der Waals surface area contributed by atoms with Crippen molar-refractivity contribution in [2.24, 2.45) is 0 Å². The van der Waals surface area contributed by atoms with Gasteiger partial charge >= 0.3 is 0 Å². The Hall–Kier alpha value is -0.570. The molecule has 5 heteroatoms. The highest BCUT2D eigenvalue weighted by molar-refractivity contribution is 7.87. The molecule has 0 fully saturated rings. The van der Waals surface area contributed by atoms with E-state index < -0.39 is 16.3 Å². The molecule has 0 aliphatic carbocycles. The molecule has 0 aromatic rings. The summed E-state index contributed by atoms with van der Waals surface area (Å²) in [5.74, 6) is 2.35. The van der Waals surface area contributed by atoms with E-state index in [-0.39, 0.29) is 6.04 Å². The van der Waals surface area contributed by atoms with Crippen LogP contribution in [0.4, 0.5) is 0 Å². The van der Waals surface area contributed by atoms with Gasteiger partial charge in [-0.1, -0.05) is 12.8 Å². The van der Waals surface area contributed by atoms with Crippen LogP contribution in [0.15, 0.2) is 0 Å². The van der Waals surface area contributed by atoms with Crippen molar-refractivity contribution in [3.05, 3.63) is 0 Å². The third-order valence-corrected chi connectivity index (χ3v) is 2.67. The van der Waals surface area contributed by atoms with E-state index in [2.05, 4.69) is 15.4 Å². The van der Waals surface area contributed by atoms with Crippen molar-refractivity contribution in [1.82, 2.24) is 9.44 Å². The van der Waals surface area contributed by atoms with Gasteiger partial charge in [0, 0.05) is 6.04 Å². The Morgan fingerprint density at radius 3 is 2.23 bits per heavy atom. The molecule has 0 aliphatic heterocycles. The molecule has 1 unspecified atom stereocenters. The van der Waals surface area contributed by atoms with Crippen molar-refractivity contribution in [1.29, 1.82) is 0 Å². The quantitative estimate of drug-likeness (QED) is 0.630. The summed E-state index contributed by atoms with van der Waals surface area (Å²) in [6, 6.07) is -0.566. The Bertz CT molecular complexity index is 277. The van der Waals surface area contributed by atoms with E-state index in [1.54, 1.807) is 13.8 Å². The maximum Gasteiger partial charge on any atom is 0.278 e. The summed E-state index contributed by atoms with van der Waals surface area (Å²) in [5.41, 5.74) is 0. The van der Waals surface area contributed by atoms with Crippen LogP contribution in [0.3, 0.4) is 0 Å². The Kier molecular flexibility index (Phi) is 4.99. The first-order valence-electron chi connectivity index (χ1n) is 4.17. The van der Waals surface area contributed by atoms with Gasteiger partial charge in [0.15, 0.2) is 0 Å². The minimum absolute atomic E-state index is 0.132. The smallest absolute Gasteiger partial charge is 0.200 e. The van der Waals surface area contributed by atoms with E-state index >= 15 is 0 Å². The van der Waals surface area contributed by atoms with Crippen LogP contribution in [-0.4, -0.2) is 20.5 Å². The molecule has 0 rings (SSSR count). The van der Waals surface area contributed by atoms with Crippen LogP contribution < -0.4 is 9.44 Å². The molecule has 0 spiro atoms. The summed E-state index contributed by atoms with van der Waals surface area (Å²) in [7, 11) is -3.45. The zero-order valence-electron chi connectivity index (χ0n) is 8.16. The predicted octanol–water partition coefficient (Wildman–Crippen LogP) is 0.231. The van der Waals surface area contributed by atoms with E-state index in [0.717, 1.165) is 0 Å². The summed E-state index contributed by atoms with van der Waals surface area (Å²) in [5, 5.41) is 0. The fraction of sp³-hybridized carbons (Fsp3) is 0.750. The Balaban J connectivity index is 4.27. The SMILES string of the molecule is C#CC(CC)NS(=O)(=O)NC(C)C. The molecule has 0 saturated heterocycles. The van der Waals surface area contributed by atoms with E-state index in [1.165, 1.54) is 0 Å². The van der Waals surface area contributed by atoms with Gasteiger partial charge in [0.1, 0.15) is 0 Å². The Labute approximate surface area is 80.3 Å². The molecular weight excluding hydrogens is 188 g/mol. The first-order chi connectivity index (χ1) is 5.91. The second kappa shape index (κ2) is 5.22. The molecule has 0 aromatic carbocycles. The highest BCUT2D eigenvalue weighted by Gasteiger charge is 2.14. The third-order valence-electron chi connectivity index (χ3n) is 1.30. The number of nitrogens with one attached hydrogen (secondary N) is 2. The Morgan fingerprint density at radius 1 is 1.38 bits per heavy atom. The van der Waals surface area contributed by atoms with Crippen molar-refractivity contribution in [2.45, 2.75) is 39.3 Å². The van der Waals surface area contributed by atoms with Crippen molar-refractivity contribution < 1.29 is 8.42 Å². The second-order valence-electron chi connectivity index (χ2n) is 3.02. The van der Waals surface area contributed by atoms with Gasteiger partial charge in [0.25, 0.3) is 10.2 Å². The lowest BCUT2D eigenvalue weighted by Gasteiger charge is -2.13. The van der Waals surface area contributed by atoms with Crippen molar-refractivity contribution in [3.63, 3.8) is 0 Å². The molecular formula is C8H16N2O2S. The zero-order valence-corrected chi connectivity index (χ0v) is 8.98. The van der Waals surface area contributed by atoms with Crippen molar-refractivity contribution in [3.8, 4) is 12.3 Å². The van der Waals surface area contributed by atoms with Gasteiger partial charge in [-0.05, 0) is 20.3 Å². The van der Waals surface area contributed by atoms with Crippen LogP contribution in [0.5, 0.6) is 0 Å². The monoisotopic (exact) mass is 204 g/mol. The first kappa shape index (κ1) is 12.4. The molecule has 76 valence electrons. The standard InChI is InChI=1S/C8H16N2O2S/c1-5-8(6-2)10-13(11,12)9-7(3)4/h1,7-10H,6H2,2-4H3. The molecule has 0 aromatic heterocycles. The zero-order chi connectivity index (χ0) is 10.5. The fourth-order valence-electron chi connectivity index (χ4n) is 0.767. The van der Waals surface area contributed by atoms with Crippen LogP contribution in [0.1, 0.15) is 27.2 Å². The number of terminal acetylenes is 1. The molecule has 0 amide bonds. The van der Waals surface area contributed by atoms with Gasteiger partial charge in [-0.15, -0.1) is 6.42 Å². The largest absolute Gasteiger partial charge is 0.278 e. The topological polar surface area (TPSA) is 58.2 Å². The number of rotatable bonds is 5. The number of hydrogen-bond donors (Lipinski definition) is 2. The lowest BCUT2D eigenvalue weighted by molar-refractivity contribution is 0.545. The fourth-order valence-corrected chi connectivity index (χ4v) is 2.06. The van der Waals surface area contributed by atoms with Crippen LogP contribution in [0.2, 0.25) is 0 Å². The summed E-state index contributed by atoms with van der Waals surface area (Å²) < 4.78 is 27.2. The average molecular weight is 204 g/mol. The molecule has 2 N–H and O–H groups in total. The third kappa shape index (κ3) is 5.64. The molecule has 1 atom stereocenters. The second-order valence-corrected chi connectivity index (χ2v) is 4.50. The van der Waals surface area contributed by atoms with E-state index in [9.17, 15) is 8.42 Å². The highest BCUT2D eigenvalue weighted by Crippen LogP contribution is 1.92. The minimum atomic E-state index is -3.45. The minimum Gasteiger partial charge on any atom is -0.200 e. The molecule has 0 aliphatic rings. The van der Waals surface area contributed by atoms with Gasteiger partial charge in [-0.2, -0.15) is 17.9 Å². The van der Waals surface area contributed by atoms with Crippen molar-refractivity contribution >= 4 is 10.2 Å². The summed E-state index contributed by atoms with van der Waals surface area (Å²) in [6.07, 6.45) is 5.70. The van der Waals surface area contributed by atoms with Crippen molar-refractivity contribution in [2.75, 3.05) is 0 Å². The van der Waals surface area contributed by atoms with Gasteiger partial charge in [0.2, 0.25) is 0 Å².